The summed E-state index contributed by atoms with van der Waals surface area (Å²) in [6, 6.07) is -1.16. The summed E-state index contributed by atoms with van der Waals surface area (Å²) < 4.78 is 31.9. The van der Waals surface area contributed by atoms with E-state index in [1.54, 1.807) is 5.38 Å². The Hall–Kier alpha value is -1.81. The molecule has 0 aliphatic carbocycles. The predicted octanol–water partition coefficient (Wildman–Crippen LogP) is 0.462. The maximum atomic E-state index is 12.6. The van der Waals surface area contributed by atoms with Crippen LogP contribution in [-0.2, 0) is 24.7 Å². The third-order valence-corrected chi connectivity index (χ3v) is 6.64. The molecule has 1 aromatic heterocycles. The summed E-state index contributed by atoms with van der Waals surface area (Å²) in [6.07, 6.45) is 2.15. The first-order valence-electron chi connectivity index (χ1n) is 7.65. The van der Waals surface area contributed by atoms with Crippen molar-refractivity contribution >= 4 is 73.3 Å². The van der Waals surface area contributed by atoms with Gasteiger partial charge >= 0.3 is 10.3 Å². The van der Waals surface area contributed by atoms with Crippen LogP contribution in [-0.4, -0.2) is 69.6 Å². The highest BCUT2D eigenvalue weighted by atomic mass is 32.2. The standard InChI is InChI=1S/C13H17N5O6S4/c1-4-7(25)15-13-14-6(5-27-13)8(17-24-2)10(19)16-9-11(20)18(12(9)26-3)28(21,22)23/h5,9,12H,4H2,1-3H3,(H,16,19)(H,14,15,25)(H,21,22,23)/t9-,12+/m1/s1. The van der Waals surface area contributed by atoms with E-state index in [1.807, 2.05) is 6.92 Å². The fourth-order valence-corrected chi connectivity index (χ4v) is 5.14. The van der Waals surface area contributed by atoms with Gasteiger partial charge in [-0.2, -0.15) is 12.7 Å². The Labute approximate surface area is 174 Å². The molecule has 2 rings (SSSR count). The molecule has 1 aromatic rings. The van der Waals surface area contributed by atoms with E-state index in [2.05, 4.69) is 25.6 Å². The number of carbonyl (C=O) groups excluding carboxylic acids is 2. The Balaban J connectivity index is 2.17. The Kier molecular flexibility index (Phi) is 7.33. The zero-order valence-electron chi connectivity index (χ0n) is 14.9. The number of nitrogens with one attached hydrogen (secondary N) is 2. The van der Waals surface area contributed by atoms with Gasteiger partial charge in [0.25, 0.3) is 11.8 Å². The number of β-lactam (4-membered cyclic amide) rings is 1. The molecule has 28 heavy (non-hydrogen) atoms. The van der Waals surface area contributed by atoms with Gasteiger partial charge in [-0.25, -0.2) is 4.98 Å². The van der Waals surface area contributed by atoms with Crippen LogP contribution in [0.4, 0.5) is 5.13 Å². The summed E-state index contributed by atoms with van der Waals surface area (Å²) in [5.41, 5.74) is -0.0166. The summed E-state index contributed by atoms with van der Waals surface area (Å²) in [7, 11) is -3.47. The second-order valence-corrected chi connectivity index (χ2v) is 8.85. The van der Waals surface area contributed by atoms with Crippen LogP contribution in [0.15, 0.2) is 10.5 Å². The number of carbonyl (C=O) groups is 2. The third kappa shape index (κ3) is 4.78. The lowest BCUT2D eigenvalue weighted by Crippen LogP contribution is -2.71. The molecule has 1 fully saturated rings. The smallest absolute Gasteiger partial charge is 0.363 e. The van der Waals surface area contributed by atoms with E-state index in [1.165, 1.54) is 24.7 Å². The molecule has 1 saturated heterocycles. The summed E-state index contributed by atoms with van der Waals surface area (Å²) in [4.78, 5) is 34.1. The molecule has 1 aliphatic heterocycles. The monoisotopic (exact) mass is 467 g/mol. The van der Waals surface area contributed by atoms with Crippen molar-refractivity contribution in [2.75, 3.05) is 18.7 Å². The van der Waals surface area contributed by atoms with Crippen molar-refractivity contribution in [3.63, 3.8) is 0 Å². The van der Waals surface area contributed by atoms with Crippen LogP contribution >= 0.6 is 35.3 Å². The Morgan fingerprint density at radius 3 is 2.79 bits per heavy atom. The third-order valence-electron chi connectivity index (χ3n) is 3.49. The molecule has 2 heterocycles. The number of rotatable bonds is 8. The van der Waals surface area contributed by atoms with Gasteiger partial charge in [-0.15, -0.1) is 23.1 Å². The average Bonchev–Trinajstić information content (AvgIpc) is 3.08. The van der Waals surface area contributed by atoms with Crippen molar-refractivity contribution in [2.24, 2.45) is 5.16 Å². The molecule has 0 bridgehead atoms. The van der Waals surface area contributed by atoms with Gasteiger partial charge in [0.2, 0.25) is 0 Å². The lowest BCUT2D eigenvalue weighted by Gasteiger charge is -2.42. The SMILES string of the molecule is CCC(=S)Nc1nc(C(=NOC)C(=O)N[C@@H]2C(=O)N(S(=O)(=O)O)[C@H]2SC)cs1. The molecular weight excluding hydrogens is 450 g/mol. The maximum absolute atomic E-state index is 12.6. The highest BCUT2D eigenvalue weighted by Gasteiger charge is 2.54. The van der Waals surface area contributed by atoms with Gasteiger partial charge in [-0.05, 0) is 12.7 Å². The first-order valence-corrected chi connectivity index (χ1v) is 11.6. The number of nitrogens with zero attached hydrogens (tertiary/aromatic N) is 3. The normalized spacial score (nSPS) is 19.8. The van der Waals surface area contributed by atoms with E-state index in [-0.39, 0.29) is 11.4 Å². The van der Waals surface area contributed by atoms with Crippen molar-refractivity contribution in [2.45, 2.75) is 24.8 Å². The van der Waals surface area contributed by atoms with Gasteiger partial charge in [0.05, 0.1) is 4.99 Å². The summed E-state index contributed by atoms with van der Waals surface area (Å²) >= 11 is 7.25. The molecule has 2 atom stereocenters. The van der Waals surface area contributed by atoms with Gasteiger partial charge in [0.1, 0.15) is 24.2 Å². The van der Waals surface area contributed by atoms with Crippen molar-refractivity contribution in [3.05, 3.63) is 11.1 Å². The van der Waals surface area contributed by atoms with Gasteiger partial charge in [0.15, 0.2) is 10.8 Å². The van der Waals surface area contributed by atoms with Gasteiger partial charge in [-0.1, -0.05) is 24.3 Å². The van der Waals surface area contributed by atoms with Gasteiger partial charge < -0.3 is 15.5 Å². The molecule has 3 N–H and O–H groups in total. The van der Waals surface area contributed by atoms with E-state index < -0.39 is 33.5 Å². The van der Waals surface area contributed by atoms with E-state index in [0.717, 1.165) is 11.8 Å². The first-order chi connectivity index (χ1) is 13.1. The van der Waals surface area contributed by atoms with Gasteiger partial charge in [-0.3, -0.25) is 14.1 Å². The van der Waals surface area contributed by atoms with Crippen molar-refractivity contribution < 1.29 is 27.4 Å². The Bertz CT molecular complexity index is 914. The summed E-state index contributed by atoms with van der Waals surface area (Å²) in [6.45, 7) is 1.88. The number of amides is 2. The Morgan fingerprint density at radius 1 is 1.57 bits per heavy atom. The first kappa shape index (κ1) is 22.5. The molecule has 0 aromatic carbocycles. The average molecular weight is 468 g/mol. The van der Waals surface area contributed by atoms with E-state index in [9.17, 15) is 18.0 Å². The summed E-state index contributed by atoms with van der Waals surface area (Å²) in [5.74, 6) is -1.75. The number of hydrogen-bond acceptors (Lipinski definition) is 10. The number of thiazole rings is 1. The molecule has 0 unspecified atom stereocenters. The highest BCUT2D eigenvalue weighted by molar-refractivity contribution is 8.00. The second kappa shape index (κ2) is 9.13. The lowest BCUT2D eigenvalue weighted by atomic mass is 10.1. The topological polar surface area (TPSA) is 150 Å². The minimum absolute atomic E-state index is 0.185. The number of oxime groups is 1. The van der Waals surface area contributed by atoms with E-state index >= 15 is 0 Å². The van der Waals surface area contributed by atoms with Crippen molar-refractivity contribution in [1.82, 2.24) is 14.6 Å². The molecule has 2 amide bonds. The number of aromatic nitrogens is 1. The van der Waals surface area contributed by atoms with Crippen LogP contribution in [0.5, 0.6) is 0 Å². The van der Waals surface area contributed by atoms with Crippen LogP contribution in [0.1, 0.15) is 19.0 Å². The number of hydrogen-bond donors (Lipinski definition) is 3. The van der Waals surface area contributed by atoms with Gasteiger partial charge in [0, 0.05) is 5.38 Å². The molecule has 0 spiro atoms. The van der Waals surface area contributed by atoms with E-state index in [4.69, 9.17) is 16.8 Å². The molecule has 0 radical (unpaired) electrons. The number of anilines is 1. The zero-order chi connectivity index (χ0) is 21.1. The maximum Gasteiger partial charge on any atom is 0.363 e. The highest BCUT2D eigenvalue weighted by Crippen LogP contribution is 2.30. The van der Waals surface area contributed by atoms with Crippen LogP contribution in [0.2, 0.25) is 0 Å². The minimum Gasteiger partial charge on any atom is -0.398 e. The lowest BCUT2D eigenvalue weighted by molar-refractivity contribution is -0.140. The fraction of sp³-hybridized carbons (Fsp3) is 0.462. The van der Waals surface area contributed by atoms with Crippen LogP contribution < -0.4 is 10.6 Å². The largest absolute Gasteiger partial charge is 0.398 e. The Morgan fingerprint density at radius 2 is 2.25 bits per heavy atom. The van der Waals surface area contributed by atoms with Crippen molar-refractivity contribution in [3.8, 4) is 0 Å². The van der Waals surface area contributed by atoms with Crippen LogP contribution in [0.3, 0.4) is 0 Å². The zero-order valence-corrected chi connectivity index (χ0v) is 18.2. The van der Waals surface area contributed by atoms with Crippen molar-refractivity contribution in [1.29, 1.82) is 0 Å². The molecule has 0 saturated carbocycles. The minimum atomic E-state index is -4.71. The number of thioether (sulfide) groups is 1. The van der Waals surface area contributed by atoms with Crippen LogP contribution in [0, 0.1) is 0 Å². The molecule has 15 heteroatoms. The fourth-order valence-electron chi connectivity index (χ4n) is 2.20. The van der Waals surface area contributed by atoms with E-state index in [0.29, 0.717) is 20.8 Å². The second-order valence-electron chi connectivity index (χ2n) is 5.25. The molecule has 1 aliphatic rings. The molecule has 154 valence electrons. The number of thiocarbonyl (C=S) groups is 1. The quantitative estimate of drug-likeness (QED) is 0.162. The summed E-state index contributed by atoms with van der Waals surface area (Å²) in [5, 5.41) is 9.98. The predicted molar refractivity (Wildman–Crippen MR) is 110 cm³/mol. The van der Waals surface area contributed by atoms with Crippen LogP contribution in [0.25, 0.3) is 0 Å². The molecular formula is C13H17N5O6S4. The molecule has 11 nitrogen and oxygen atoms in total.